The summed E-state index contributed by atoms with van der Waals surface area (Å²) >= 11 is 1.65. The molecule has 0 spiro atoms. The number of aryl methyl sites for hydroxylation is 2. The fraction of sp³-hybridized carbons (Fsp3) is 0.514. The molecule has 2 atom stereocenters. The molecule has 2 aliphatic heterocycles. The Balaban J connectivity index is 1.12. The number of fused-ring (bicyclic) bond motifs is 2. The van der Waals surface area contributed by atoms with Gasteiger partial charge < -0.3 is 24.0 Å². The zero-order valence-corrected chi connectivity index (χ0v) is 27.3. The number of amides is 1. The summed E-state index contributed by atoms with van der Waals surface area (Å²) in [6, 6.07) is 12.7. The zero-order chi connectivity index (χ0) is 31.1. The Kier molecular flexibility index (Phi) is 8.35. The highest BCUT2D eigenvalue weighted by Crippen LogP contribution is 2.59. The summed E-state index contributed by atoms with van der Waals surface area (Å²) in [5.74, 6) is 1.13. The Morgan fingerprint density at radius 1 is 1.11 bits per heavy atom. The van der Waals surface area contributed by atoms with E-state index in [0.29, 0.717) is 32.2 Å². The Morgan fingerprint density at radius 2 is 1.95 bits per heavy atom. The highest BCUT2D eigenvalue weighted by molar-refractivity contribution is 7.14. The highest BCUT2D eigenvalue weighted by atomic mass is 32.1. The molecule has 0 radical (unpaired) electrons. The fourth-order valence-electron chi connectivity index (χ4n) is 6.47. The first-order chi connectivity index (χ1) is 21.0. The molecule has 9 heteroatoms. The van der Waals surface area contributed by atoms with Crippen molar-refractivity contribution in [2.45, 2.75) is 79.1 Å². The molecule has 6 rings (SSSR count). The third kappa shape index (κ3) is 6.43. The van der Waals surface area contributed by atoms with Crippen LogP contribution in [0, 0.1) is 18.3 Å². The summed E-state index contributed by atoms with van der Waals surface area (Å²) in [5, 5.41) is 3.10. The number of aromatic nitrogens is 1. The van der Waals surface area contributed by atoms with Crippen LogP contribution in [0.5, 0.6) is 5.75 Å². The predicted molar refractivity (Wildman–Crippen MR) is 172 cm³/mol. The number of rotatable bonds is 7. The smallest absolute Gasteiger partial charge is 0.410 e. The number of hydrogen-bond donors (Lipinski definition) is 0. The highest BCUT2D eigenvalue weighted by Gasteiger charge is 2.63. The third-order valence-electron chi connectivity index (χ3n) is 8.91. The number of esters is 1. The van der Waals surface area contributed by atoms with Crippen molar-refractivity contribution in [3.63, 3.8) is 0 Å². The van der Waals surface area contributed by atoms with Gasteiger partial charge in [0.1, 0.15) is 18.0 Å². The summed E-state index contributed by atoms with van der Waals surface area (Å²) in [6.07, 6.45) is 3.29. The lowest BCUT2D eigenvalue weighted by atomic mass is 9.95. The SMILES string of the molecule is CCOC(=O)[C@@]12CCN(c3nc(-c4cc(C)ccc4OCc4ccc5c(c4)CCCN(C(=O)OC(C)(C)C)C5)cs3)CC1C2. The molecular weight excluding hydrogens is 574 g/mol. The van der Waals surface area contributed by atoms with E-state index in [4.69, 9.17) is 19.2 Å². The van der Waals surface area contributed by atoms with E-state index in [-0.39, 0.29) is 17.5 Å². The topological polar surface area (TPSA) is 81.2 Å². The first kappa shape index (κ1) is 30.4. The van der Waals surface area contributed by atoms with E-state index in [2.05, 4.69) is 47.5 Å². The maximum atomic E-state index is 12.7. The molecule has 3 aromatic rings. The third-order valence-corrected chi connectivity index (χ3v) is 9.81. The second-order valence-electron chi connectivity index (χ2n) is 13.4. The van der Waals surface area contributed by atoms with Gasteiger partial charge in [-0.05, 0) is 95.0 Å². The monoisotopic (exact) mass is 617 g/mol. The molecule has 1 amide bonds. The van der Waals surface area contributed by atoms with Crippen molar-refractivity contribution in [3.05, 3.63) is 64.0 Å². The van der Waals surface area contributed by atoms with Crippen LogP contribution >= 0.6 is 11.3 Å². The van der Waals surface area contributed by atoms with Gasteiger partial charge in [-0.2, -0.15) is 0 Å². The Morgan fingerprint density at radius 3 is 2.73 bits per heavy atom. The average molecular weight is 618 g/mol. The van der Waals surface area contributed by atoms with Crippen molar-refractivity contribution in [3.8, 4) is 17.0 Å². The number of carbonyl (C=O) groups excluding carboxylic acids is 2. The molecule has 0 bridgehead atoms. The largest absolute Gasteiger partial charge is 0.488 e. The van der Waals surface area contributed by atoms with Crippen molar-refractivity contribution >= 4 is 28.5 Å². The van der Waals surface area contributed by atoms with Crippen molar-refractivity contribution in [1.29, 1.82) is 0 Å². The minimum Gasteiger partial charge on any atom is -0.488 e. The van der Waals surface area contributed by atoms with Crippen LogP contribution in [-0.2, 0) is 33.8 Å². The maximum absolute atomic E-state index is 12.7. The van der Waals surface area contributed by atoms with Crippen LogP contribution in [0.4, 0.5) is 9.93 Å². The van der Waals surface area contributed by atoms with Gasteiger partial charge in [0.05, 0.1) is 17.7 Å². The summed E-state index contributed by atoms with van der Waals surface area (Å²) in [6.45, 7) is 13.4. The number of benzene rings is 2. The van der Waals surface area contributed by atoms with E-state index in [0.717, 1.165) is 77.6 Å². The molecule has 1 aromatic heterocycles. The van der Waals surface area contributed by atoms with Gasteiger partial charge in [0.15, 0.2) is 5.13 Å². The summed E-state index contributed by atoms with van der Waals surface area (Å²) in [4.78, 5) is 34.4. The molecule has 1 unspecified atom stereocenters. The van der Waals surface area contributed by atoms with Gasteiger partial charge in [-0.25, -0.2) is 9.78 Å². The normalized spacial score (nSPS) is 21.2. The summed E-state index contributed by atoms with van der Waals surface area (Å²) < 4.78 is 17.4. The molecular formula is C35H43N3O5S. The molecule has 3 aliphatic rings. The average Bonchev–Trinajstić information content (AvgIpc) is 3.60. The Labute approximate surface area is 264 Å². The number of ether oxygens (including phenoxy) is 3. The van der Waals surface area contributed by atoms with Crippen LogP contribution in [0.15, 0.2) is 41.8 Å². The lowest BCUT2D eigenvalue weighted by Gasteiger charge is -2.30. The van der Waals surface area contributed by atoms with E-state index in [1.165, 1.54) is 5.56 Å². The number of carbonyl (C=O) groups is 2. The van der Waals surface area contributed by atoms with Crippen LogP contribution in [-0.4, -0.2) is 53.8 Å². The Bertz CT molecular complexity index is 1550. The quantitative estimate of drug-likeness (QED) is 0.260. The fourth-order valence-corrected chi connectivity index (χ4v) is 7.33. The van der Waals surface area contributed by atoms with Gasteiger partial charge in [0.25, 0.3) is 0 Å². The minimum atomic E-state index is -0.509. The van der Waals surface area contributed by atoms with Gasteiger partial charge in [0.2, 0.25) is 0 Å². The second-order valence-corrected chi connectivity index (χ2v) is 14.2. The predicted octanol–water partition coefficient (Wildman–Crippen LogP) is 7.16. The molecule has 1 saturated carbocycles. The van der Waals surface area contributed by atoms with Crippen molar-refractivity contribution in [2.75, 3.05) is 31.1 Å². The molecule has 234 valence electrons. The van der Waals surface area contributed by atoms with Crippen LogP contribution in [0.1, 0.15) is 69.2 Å². The number of anilines is 1. The maximum Gasteiger partial charge on any atom is 0.410 e. The molecule has 0 N–H and O–H groups in total. The van der Waals surface area contributed by atoms with Crippen LogP contribution in [0.25, 0.3) is 11.3 Å². The summed E-state index contributed by atoms with van der Waals surface area (Å²) in [7, 11) is 0. The molecule has 2 aromatic carbocycles. The molecule has 1 saturated heterocycles. The summed E-state index contributed by atoms with van der Waals surface area (Å²) in [5.41, 5.74) is 5.79. The zero-order valence-electron chi connectivity index (χ0n) is 26.5. The van der Waals surface area contributed by atoms with Gasteiger partial charge in [-0.15, -0.1) is 11.3 Å². The van der Waals surface area contributed by atoms with Crippen molar-refractivity contribution < 1.29 is 23.8 Å². The van der Waals surface area contributed by atoms with E-state index in [1.807, 2.05) is 33.8 Å². The van der Waals surface area contributed by atoms with Crippen LogP contribution in [0.2, 0.25) is 0 Å². The van der Waals surface area contributed by atoms with Crippen molar-refractivity contribution in [2.24, 2.45) is 11.3 Å². The van der Waals surface area contributed by atoms with E-state index in [9.17, 15) is 9.59 Å². The first-order valence-electron chi connectivity index (χ1n) is 15.7. The second kappa shape index (κ2) is 12.1. The number of thiazole rings is 1. The standard InChI is InChI=1S/C35H43N3O5S/c1-6-41-31(39)35-13-15-37(20-27(35)18-35)32-36-29(22-44-32)28-16-23(2)9-12-30(28)42-21-24-10-11-26-19-38(14-7-8-25(26)17-24)33(40)43-34(3,4)5/h9-12,16-17,22,27H,6-8,13-15,18-21H2,1-5H3/t27?,35-/m1/s1. The number of piperidine rings is 1. The number of hydrogen-bond acceptors (Lipinski definition) is 8. The molecule has 3 heterocycles. The molecule has 2 fully saturated rings. The Hall–Kier alpha value is -3.59. The van der Waals surface area contributed by atoms with Crippen LogP contribution in [0.3, 0.4) is 0 Å². The van der Waals surface area contributed by atoms with E-state index < -0.39 is 5.60 Å². The van der Waals surface area contributed by atoms with Gasteiger partial charge >= 0.3 is 12.1 Å². The molecule has 8 nitrogen and oxygen atoms in total. The molecule has 44 heavy (non-hydrogen) atoms. The lowest BCUT2D eigenvalue weighted by molar-refractivity contribution is -0.150. The van der Waals surface area contributed by atoms with Gasteiger partial charge in [-0.3, -0.25) is 4.79 Å². The first-order valence-corrected chi connectivity index (χ1v) is 16.6. The van der Waals surface area contributed by atoms with Gasteiger partial charge in [0, 0.05) is 37.1 Å². The number of nitrogens with zero attached hydrogens (tertiary/aromatic N) is 3. The van der Waals surface area contributed by atoms with E-state index in [1.54, 1.807) is 16.2 Å². The minimum absolute atomic E-state index is 0.0247. The van der Waals surface area contributed by atoms with Crippen LogP contribution < -0.4 is 9.64 Å². The lowest BCUT2D eigenvalue weighted by Crippen LogP contribution is -2.38. The van der Waals surface area contributed by atoms with Gasteiger partial charge in [-0.1, -0.05) is 29.8 Å². The molecule has 1 aliphatic carbocycles. The van der Waals surface area contributed by atoms with Crippen molar-refractivity contribution in [1.82, 2.24) is 9.88 Å². The van der Waals surface area contributed by atoms with E-state index >= 15 is 0 Å².